The average Bonchev–Trinajstić information content (AvgIpc) is 3.00. The number of para-hydroxylation sites is 1. The molecule has 4 rings (SSSR count). The van der Waals surface area contributed by atoms with E-state index in [0.717, 1.165) is 30.0 Å². The van der Waals surface area contributed by atoms with Crippen LogP contribution in [0.4, 0.5) is 0 Å². The number of likely N-dealkylation sites (tertiary alicyclic amines) is 1. The van der Waals surface area contributed by atoms with Crippen molar-refractivity contribution in [2.75, 3.05) is 19.8 Å². The van der Waals surface area contributed by atoms with Crippen molar-refractivity contribution in [3.05, 3.63) is 59.7 Å². The van der Waals surface area contributed by atoms with E-state index < -0.39 is 0 Å². The summed E-state index contributed by atoms with van der Waals surface area (Å²) in [7, 11) is 0. The Balaban J connectivity index is 1.37. The highest BCUT2D eigenvalue weighted by atomic mass is 16.6. The average molecular weight is 338 g/mol. The monoisotopic (exact) mass is 338 g/mol. The van der Waals surface area contributed by atoms with Gasteiger partial charge in [0.1, 0.15) is 13.2 Å². The first-order valence-electron chi connectivity index (χ1n) is 8.75. The second kappa shape index (κ2) is 7.15. The topological polar surface area (TPSA) is 50.8 Å². The standard InChI is InChI=1S/C20H22N2O3/c23-20-17(9-10-22(20)14-15-5-2-1-3-6-15)21-13-16-7-4-8-18-19(16)25-12-11-24-18/h1-8,17,21H,9-14H2/t17-/m0/s1. The van der Waals surface area contributed by atoms with Gasteiger partial charge >= 0.3 is 0 Å². The first-order valence-corrected chi connectivity index (χ1v) is 8.75. The second-order valence-electron chi connectivity index (χ2n) is 6.41. The third-order valence-corrected chi connectivity index (χ3v) is 4.70. The fourth-order valence-electron chi connectivity index (χ4n) is 3.40. The minimum absolute atomic E-state index is 0.135. The van der Waals surface area contributed by atoms with E-state index in [4.69, 9.17) is 9.47 Å². The molecule has 5 heteroatoms. The van der Waals surface area contributed by atoms with Crippen molar-refractivity contribution in [1.82, 2.24) is 10.2 Å². The minimum atomic E-state index is -0.135. The second-order valence-corrected chi connectivity index (χ2v) is 6.41. The Morgan fingerprint density at radius 1 is 1.04 bits per heavy atom. The Bertz CT molecular complexity index is 748. The van der Waals surface area contributed by atoms with Crippen molar-refractivity contribution in [2.45, 2.75) is 25.6 Å². The summed E-state index contributed by atoms with van der Waals surface area (Å²) in [5, 5.41) is 3.39. The molecular weight excluding hydrogens is 316 g/mol. The van der Waals surface area contributed by atoms with E-state index >= 15 is 0 Å². The third-order valence-electron chi connectivity index (χ3n) is 4.70. The van der Waals surface area contributed by atoms with Gasteiger partial charge < -0.3 is 19.7 Å². The van der Waals surface area contributed by atoms with Crippen LogP contribution in [0, 0.1) is 0 Å². The molecular formula is C20H22N2O3. The minimum Gasteiger partial charge on any atom is -0.486 e. The van der Waals surface area contributed by atoms with Crippen LogP contribution in [0.2, 0.25) is 0 Å². The summed E-state index contributed by atoms with van der Waals surface area (Å²) in [5.74, 6) is 1.76. The fourth-order valence-corrected chi connectivity index (χ4v) is 3.40. The Morgan fingerprint density at radius 3 is 2.76 bits per heavy atom. The van der Waals surface area contributed by atoms with Crippen LogP contribution in [0.3, 0.4) is 0 Å². The van der Waals surface area contributed by atoms with Crippen LogP contribution in [-0.4, -0.2) is 36.6 Å². The molecule has 1 atom stereocenters. The lowest BCUT2D eigenvalue weighted by atomic mass is 10.1. The molecule has 0 aliphatic carbocycles. The SMILES string of the molecule is O=C1[C@@H](NCc2cccc3c2OCCO3)CCN1Cc1ccccc1. The summed E-state index contributed by atoms with van der Waals surface area (Å²) in [6.07, 6.45) is 0.831. The molecule has 1 saturated heterocycles. The van der Waals surface area contributed by atoms with Crippen molar-refractivity contribution < 1.29 is 14.3 Å². The van der Waals surface area contributed by atoms with Gasteiger partial charge in [-0.1, -0.05) is 42.5 Å². The maximum Gasteiger partial charge on any atom is 0.240 e. The van der Waals surface area contributed by atoms with E-state index in [1.807, 2.05) is 41.3 Å². The van der Waals surface area contributed by atoms with Crippen LogP contribution in [-0.2, 0) is 17.9 Å². The van der Waals surface area contributed by atoms with E-state index in [9.17, 15) is 4.79 Å². The van der Waals surface area contributed by atoms with Gasteiger partial charge in [-0.25, -0.2) is 0 Å². The third kappa shape index (κ3) is 3.46. The summed E-state index contributed by atoms with van der Waals surface area (Å²) in [6.45, 7) is 3.21. The molecule has 5 nitrogen and oxygen atoms in total. The molecule has 0 radical (unpaired) electrons. The number of rotatable bonds is 5. The largest absolute Gasteiger partial charge is 0.486 e. The van der Waals surface area contributed by atoms with E-state index in [0.29, 0.717) is 26.3 Å². The molecule has 0 spiro atoms. The van der Waals surface area contributed by atoms with Gasteiger partial charge in [0.05, 0.1) is 6.04 Å². The van der Waals surface area contributed by atoms with E-state index in [1.165, 1.54) is 5.56 Å². The molecule has 1 N–H and O–H groups in total. The van der Waals surface area contributed by atoms with Crippen LogP contribution in [0.25, 0.3) is 0 Å². The number of nitrogens with one attached hydrogen (secondary N) is 1. The first-order chi connectivity index (χ1) is 12.3. The molecule has 0 aromatic heterocycles. The number of benzene rings is 2. The Morgan fingerprint density at radius 2 is 1.88 bits per heavy atom. The highest BCUT2D eigenvalue weighted by Crippen LogP contribution is 2.33. The number of nitrogens with zero attached hydrogens (tertiary/aromatic N) is 1. The van der Waals surface area contributed by atoms with Crippen LogP contribution < -0.4 is 14.8 Å². The zero-order chi connectivity index (χ0) is 17.1. The Labute approximate surface area is 147 Å². The highest BCUT2D eigenvalue weighted by Gasteiger charge is 2.31. The fraction of sp³-hybridized carbons (Fsp3) is 0.350. The molecule has 25 heavy (non-hydrogen) atoms. The predicted octanol–water partition coefficient (Wildman–Crippen LogP) is 2.35. The van der Waals surface area contributed by atoms with Crippen molar-refractivity contribution in [3.63, 3.8) is 0 Å². The summed E-state index contributed by atoms with van der Waals surface area (Å²) in [5.41, 5.74) is 2.20. The van der Waals surface area contributed by atoms with Gasteiger partial charge in [0.25, 0.3) is 0 Å². The normalized spacial score (nSPS) is 19.3. The zero-order valence-electron chi connectivity index (χ0n) is 14.1. The predicted molar refractivity (Wildman–Crippen MR) is 94.5 cm³/mol. The molecule has 2 aliphatic rings. The number of hydrogen-bond donors (Lipinski definition) is 1. The molecule has 2 aromatic carbocycles. The lowest BCUT2D eigenvalue weighted by Crippen LogP contribution is -2.37. The number of hydrogen-bond acceptors (Lipinski definition) is 4. The van der Waals surface area contributed by atoms with E-state index in [-0.39, 0.29) is 11.9 Å². The van der Waals surface area contributed by atoms with Crippen LogP contribution in [0.1, 0.15) is 17.5 Å². The summed E-state index contributed by atoms with van der Waals surface area (Å²) >= 11 is 0. The van der Waals surface area contributed by atoms with E-state index in [1.54, 1.807) is 0 Å². The summed E-state index contributed by atoms with van der Waals surface area (Å²) in [4.78, 5) is 14.6. The van der Waals surface area contributed by atoms with Gasteiger partial charge in [-0.05, 0) is 18.1 Å². The summed E-state index contributed by atoms with van der Waals surface area (Å²) in [6, 6.07) is 15.9. The van der Waals surface area contributed by atoms with Crippen LogP contribution in [0.15, 0.2) is 48.5 Å². The van der Waals surface area contributed by atoms with Gasteiger partial charge in [-0.15, -0.1) is 0 Å². The van der Waals surface area contributed by atoms with Gasteiger partial charge in [-0.2, -0.15) is 0 Å². The molecule has 2 aliphatic heterocycles. The van der Waals surface area contributed by atoms with E-state index in [2.05, 4.69) is 17.4 Å². The molecule has 0 unspecified atom stereocenters. The van der Waals surface area contributed by atoms with Gasteiger partial charge in [0.2, 0.25) is 5.91 Å². The lowest BCUT2D eigenvalue weighted by molar-refractivity contribution is -0.129. The molecule has 1 amide bonds. The molecule has 2 heterocycles. The molecule has 1 fully saturated rings. The molecule has 0 bridgehead atoms. The summed E-state index contributed by atoms with van der Waals surface area (Å²) < 4.78 is 11.3. The van der Waals surface area contributed by atoms with Crippen LogP contribution >= 0.6 is 0 Å². The lowest BCUT2D eigenvalue weighted by Gasteiger charge is -2.22. The molecule has 130 valence electrons. The maximum atomic E-state index is 12.6. The van der Waals surface area contributed by atoms with Crippen molar-refractivity contribution in [2.24, 2.45) is 0 Å². The van der Waals surface area contributed by atoms with Gasteiger partial charge in [0, 0.05) is 25.2 Å². The Kier molecular flexibility index (Phi) is 4.57. The quantitative estimate of drug-likeness (QED) is 0.909. The number of amides is 1. The van der Waals surface area contributed by atoms with Crippen molar-refractivity contribution in [1.29, 1.82) is 0 Å². The first kappa shape index (κ1) is 16.0. The van der Waals surface area contributed by atoms with Crippen molar-refractivity contribution in [3.8, 4) is 11.5 Å². The van der Waals surface area contributed by atoms with Crippen molar-refractivity contribution >= 4 is 5.91 Å². The zero-order valence-corrected chi connectivity index (χ0v) is 14.1. The molecule has 0 saturated carbocycles. The number of carbonyl (C=O) groups is 1. The maximum absolute atomic E-state index is 12.6. The van der Waals surface area contributed by atoms with Gasteiger partial charge in [-0.3, -0.25) is 4.79 Å². The number of ether oxygens (including phenoxy) is 2. The molecule has 2 aromatic rings. The number of fused-ring (bicyclic) bond motifs is 1. The number of carbonyl (C=O) groups excluding carboxylic acids is 1. The van der Waals surface area contributed by atoms with Crippen LogP contribution in [0.5, 0.6) is 11.5 Å². The highest BCUT2D eigenvalue weighted by molar-refractivity contribution is 5.84. The smallest absolute Gasteiger partial charge is 0.240 e. The Hall–Kier alpha value is -2.53. The van der Waals surface area contributed by atoms with Gasteiger partial charge in [0.15, 0.2) is 11.5 Å².